The summed E-state index contributed by atoms with van der Waals surface area (Å²) < 4.78 is 124. The number of anilines is 3. The molecule has 6 atom stereocenters. The van der Waals surface area contributed by atoms with Crippen molar-refractivity contribution in [2.45, 2.75) is 78.7 Å². The van der Waals surface area contributed by atoms with E-state index in [9.17, 15) is 14.4 Å². The zero-order chi connectivity index (χ0) is 64.8. The molecule has 72 heavy (non-hydrogen) atoms. The molecular weight excluding hydrogens is 913 g/mol. The van der Waals surface area contributed by atoms with Crippen LogP contribution in [0.3, 0.4) is 0 Å². The lowest BCUT2D eigenvalue weighted by Crippen LogP contribution is -2.53. The highest BCUT2D eigenvalue weighted by Crippen LogP contribution is 2.32. The van der Waals surface area contributed by atoms with Gasteiger partial charge in [-0.25, -0.2) is 49.6 Å². The first-order valence-electron chi connectivity index (χ1n) is 30.5. The number of piperidine rings is 3. The Morgan fingerprint density at radius 2 is 0.986 bits per heavy atom. The van der Waals surface area contributed by atoms with Crippen LogP contribution in [0.25, 0.3) is 47.6 Å². The predicted octanol–water partition coefficient (Wildman–Crippen LogP) is 5.58. The number of fused-ring (bicyclic) bond motifs is 3. The molecule has 0 unspecified atom stereocenters. The quantitative estimate of drug-likeness (QED) is 0.152. The van der Waals surface area contributed by atoms with Gasteiger partial charge in [0.15, 0.2) is 0 Å². The van der Waals surface area contributed by atoms with Gasteiger partial charge in [0.2, 0.25) is 0 Å². The summed E-state index contributed by atoms with van der Waals surface area (Å²) >= 11 is 0. The van der Waals surface area contributed by atoms with Gasteiger partial charge in [-0.05, 0) is 75.9 Å². The zero-order valence-electron chi connectivity index (χ0n) is 56.2. The molecule has 6 aromatic heterocycles. The predicted molar refractivity (Wildman–Crippen MR) is 278 cm³/mol. The van der Waals surface area contributed by atoms with E-state index < -0.39 is 55.4 Å². The number of likely N-dealkylation sites (tertiary alicyclic amines) is 3. The van der Waals surface area contributed by atoms with Crippen molar-refractivity contribution in [3.05, 3.63) is 88.4 Å². The molecule has 0 aromatic carbocycles. The topological polar surface area (TPSA) is 208 Å². The first-order chi connectivity index (χ1) is 40.5. The number of carbonyl (C=O) groups excluding carboxylic acids is 3. The van der Waals surface area contributed by atoms with Crippen LogP contribution in [-0.4, -0.2) is 175 Å². The van der Waals surface area contributed by atoms with Crippen LogP contribution in [0, 0.1) is 58.2 Å². The highest BCUT2D eigenvalue weighted by Gasteiger charge is 2.36. The molecule has 3 N–H and O–H groups in total. The fourth-order valence-electron chi connectivity index (χ4n) is 8.89. The van der Waals surface area contributed by atoms with Crippen LogP contribution in [0.4, 0.5) is 17.5 Å². The number of H-pyrrole nitrogens is 3. The summed E-state index contributed by atoms with van der Waals surface area (Å²) in [6.45, 7) is 22.3. The smallest absolute Gasteiger partial charge is 0.302 e. The number of carbonyl (C=O) groups is 3. The van der Waals surface area contributed by atoms with Gasteiger partial charge in [0, 0.05) is 87.1 Å². The molecule has 0 aliphatic carbocycles. The molecule has 9 rings (SSSR count). The Balaban J connectivity index is 0.000000187. The van der Waals surface area contributed by atoms with Crippen LogP contribution >= 0.6 is 0 Å². The average Bonchev–Trinajstić information content (AvgIpc) is 1.68. The second-order valence-electron chi connectivity index (χ2n) is 17.7. The van der Waals surface area contributed by atoms with Crippen molar-refractivity contribution >= 4 is 68.3 Å². The molecule has 21 nitrogen and oxygen atoms in total. The molecule has 0 spiro atoms. The second-order valence-corrected chi connectivity index (χ2v) is 17.7. The SMILES string of the molecule is [2H]c1nc(N(C)[C@@]2([2H])CN(C(=O)C[N+]#[C-])CC[C@H]2C([2H])([2H])[2H])c2c([2H])c(C)[nH]c2n1.[2H]c1nc(N(C)[C@@]2([2H])CN(C(=O)C[N+]#[C-])CC[C@H]2C)c2c([2H])c(C)[nH]c2n1.[2H]c1nc(N(C)[C@H]2CN(C(=O)C[N+]#[C-])CC[C@@]2([2H])C([2H])([2H])[2H])c2c([2H])c(C)[nH]c2n1. The van der Waals surface area contributed by atoms with E-state index in [2.05, 4.69) is 59.4 Å². The summed E-state index contributed by atoms with van der Waals surface area (Å²) in [5, 5.41) is 1.07. The minimum atomic E-state index is -2.64. The van der Waals surface area contributed by atoms with Gasteiger partial charge in [0.05, 0.1) is 41.1 Å². The minimum Gasteiger partial charge on any atom is -0.354 e. The van der Waals surface area contributed by atoms with E-state index in [-0.39, 0.29) is 142 Å². The van der Waals surface area contributed by atoms with Crippen molar-refractivity contribution in [3.63, 3.8) is 0 Å². The number of amides is 3. The zero-order valence-corrected chi connectivity index (χ0v) is 41.2. The third-order valence-corrected chi connectivity index (χ3v) is 12.8. The number of hydrogen-bond acceptors (Lipinski definition) is 12. The Bertz CT molecular complexity index is 3760. The number of aromatic nitrogens is 9. The normalized spacial score (nSPS) is 27.2. The maximum atomic E-state index is 12.3. The first-order valence-corrected chi connectivity index (χ1v) is 23.0. The Labute approximate surface area is 441 Å². The fraction of sp³-hybridized carbons (Fsp3) is 0.529. The summed E-state index contributed by atoms with van der Waals surface area (Å²) in [6, 6.07) is -3.56. The second kappa shape index (κ2) is 22.9. The van der Waals surface area contributed by atoms with E-state index in [0.29, 0.717) is 52.3 Å². The lowest BCUT2D eigenvalue weighted by atomic mass is 9.92. The largest absolute Gasteiger partial charge is 0.354 e. The summed E-state index contributed by atoms with van der Waals surface area (Å²) in [7, 11) is 4.73. The summed E-state index contributed by atoms with van der Waals surface area (Å²) in [4.78, 5) is 88.1. The van der Waals surface area contributed by atoms with Crippen molar-refractivity contribution in [2.75, 3.05) is 94.7 Å². The van der Waals surface area contributed by atoms with Gasteiger partial charge >= 0.3 is 17.7 Å². The van der Waals surface area contributed by atoms with Crippen LogP contribution in [0.1, 0.15) is 77.5 Å². The molecule has 3 aliphatic heterocycles. The van der Waals surface area contributed by atoms with Crippen molar-refractivity contribution < 1.29 is 34.9 Å². The third-order valence-electron chi connectivity index (χ3n) is 12.8. The maximum absolute atomic E-state index is 12.3. The van der Waals surface area contributed by atoms with Crippen molar-refractivity contribution in [2.24, 2.45) is 17.7 Å². The number of likely N-dealkylation sites (N-methyl/N-ethyl adjacent to an activating group) is 3. The molecule has 0 radical (unpaired) electrons. The van der Waals surface area contributed by atoms with Gasteiger partial charge in [-0.3, -0.25) is 14.4 Å². The van der Waals surface area contributed by atoms with Crippen LogP contribution in [0.2, 0.25) is 0 Å². The Morgan fingerprint density at radius 1 is 0.611 bits per heavy atom. The van der Waals surface area contributed by atoms with E-state index >= 15 is 0 Å². The van der Waals surface area contributed by atoms with Crippen LogP contribution in [-0.2, 0) is 14.4 Å². The monoisotopic (exact) mass is 994 g/mol. The first kappa shape index (κ1) is 35.3. The summed E-state index contributed by atoms with van der Waals surface area (Å²) in [5.41, 5.74) is 2.57. The van der Waals surface area contributed by atoms with E-state index in [1.54, 1.807) is 44.7 Å². The minimum absolute atomic E-state index is 0.0515. The molecule has 6 aromatic rings. The van der Waals surface area contributed by atoms with Gasteiger partial charge in [-0.2, -0.15) is 0 Å². The lowest BCUT2D eigenvalue weighted by Gasteiger charge is -2.41. The van der Waals surface area contributed by atoms with Gasteiger partial charge in [0.1, 0.15) is 57.4 Å². The molecule has 9 heterocycles. The van der Waals surface area contributed by atoms with Crippen LogP contribution in [0.15, 0.2) is 37.0 Å². The molecule has 3 aliphatic rings. The maximum Gasteiger partial charge on any atom is 0.302 e. The number of nitrogens with zero attached hydrogens (tertiary/aromatic N) is 15. The fourth-order valence-corrected chi connectivity index (χ4v) is 8.89. The summed E-state index contributed by atoms with van der Waals surface area (Å²) in [5.74, 6) is -3.70. The standard InChI is InChI=1S/3C17H22N6O/c3*1-11-5-6-23(15(24)8-18-3)9-14(11)22(4)17-13-7-12(2)21-16(13)19-10-20-17/h3*7,10-11,14H,5-6,8-9H2,1-2,4H3,(H,19,20,21)/t3*11-,14+/m111/s1/i1D3,7D,10D,14D;1D3,7D,10D,11D;7D,10D,14D. The third kappa shape index (κ3) is 11.5. The Kier molecular flexibility index (Phi) is 11.2. The molecule has 21 heteroatoms. The molecule has 3 amide bonds. The van der Waals surface area contributed by atoms with Crippen molar-refractivity contribution in [1.29, 1.82) is 0 Å². The van der Waals surface area contributed by atoms with Gasteiger partial charge in [-0.15, -0.1) is 0 Å². The molecule has 378 valence electrons. The molecular formula is C51H66N18O3. The van der Waals surface area contributed by atoms with Gasteiger partial charge in [-0.1, -0.05) is 20.6 Å². The molecule has 3 saturated heterocycles. The number of aromatic amines is 3. The van der Waals surface area contributed by atoms with Gasteiger partial charge < -0.3 is 58.9 Å². The Morgan fingerprint density at radius 3 is 1.39 bits per heavy atom. The lowest BCUT2D eigenvalue weighted by molar-refractivity contribution is -0.131. The summed E-state index contributed by atoms with van der Waals surface area (Å²) in [6.07, 6.45) is -0.277. The highest BCUT2D eigenvalue weighted by atomic mass is 16.2. The van der Waals surface area contributed by atoms with Crippen molar-refractivity contribution in [3.8, 4) is 0 Å². The molecule has 0 saturated carbocycles. The van der Waals surface area contributed by atoms with Gasteiger partial charge in [0.25, 0.3) is 19.6 Å². The van der Waals surface area contributed by atoms with E-state index in [4.69, 9.17) is 40.3 Å². The molecule has 0 bridgehead atoms. The number of aryl methyl sites for hydroxylation is 3. The number of rotatable bonds is 9. The van der Waals surface area contributed by atoms with Crippen molar-refractivity contribution in [1.82, 2.24) is 59.6 Å². The average molecular weight is 994 g/mol. The van der Waals surface area contributed by atoms with Crippen LogP contribution < -0.4 is 14.7 Å². The molecule has 3 fully saturated rings. The van der Waals surface area contributed by atoms with E-state index in [1.165, 1.54) is 26.6 Å². The van der Waals surface area contributed by atoms with E-state index in [0.717, 1.165) is 0 Å². The number of hydrogen-bond donors (Lipinski definition) is 3. The van der Waals surface area contributed by atoms with E-state index in [1.807, 2.05) is 6.92 Å². The Hall–Kier alpha value is -7.86. The van der Waals surface area contributed by atoms with Crippen LogP contribution in [0.5, 0.6) is 0 Å². The highest BCUT2D eigenvalue weighted by molar-refractivity contribution is 5.90. The number of nitrogens with one attached hydrogen (secondary N) is 3.